The molecule has 1 aromatic heterocycles. The Balaban J connectivity index is 2.67. The molecule has 1 aromatic rings. The number of aromatic nitrogens is 1. The molecule has 1 rings (SSSR count). The summed E-state index contributed by atoms with van der Waals surface area (Å²) in [6.45, 7) is 3.71. The minimum atomic E-state index is -0.0877. The predicted molar refractivity (Wildman–Crippen MR) is 59.5 cm³/mol. The van der Waals surface area contributed by atoms with E-state index in [9.17, 15) is 4.79 Å². The van der Waals surface area contributed by atoms with Crippen molar-refractivity contribution in [2.45, 2.75) is 13.8 Å². The highest BCUT2D eigenvalue weighted by Crippen LogP contribution is 2.10. The summed E-state index contributed by atoms with van der Waals surface area (Å²) in [5, 5.41) is 3.05. The van der Waals surface area contributed by atoms with Gasteiger partial charge in [0.25, 0.3) is 0 Å². The summed E-state index contributed by atoms with van der Waals surface area (Å²) in [4.78, 5) is 14.5. The topological polar surface area (TPSA) is 42.0 Å². The summed E-state index contributed by atoms with van der Waals surface area (Å²) in [5.74, 6) is 5.65. The van der Waals surface area contributed by atoms with Gasteiger partial charge in [-0.2, -0.15) is 0 Å². The van der Waals surface area contributed by atoms with Gasteiger partial charge in [0.15, 0.2) is 0 Å². The van der Waals surface area contributed by atoms with Crippen molar-refractivity contribution in [2.75, 3.05) is 6.54 Å². The van der Waals surface area contributed by atoms with Gasteiger partial charge in [0.1, 0.15) is 5.15 Å². The number of aryl methyl sites for hydroxylation is 1. The van der Waals surface area contributed by atoms with Gasteiger partial charge in [-0.1, -0.05) is 23.4 Å². The molecule has 78 valence electrons. The molecule has 0 aliphatic rings. The van der Waals surface area contributed by atoms with Gasteiger partial charge >= 0.3 is 0 Å². The number of rotatable bonds is 1. The number of halogens is 1. The highest BCUT2D eigenvalue weighted by atomic mass is 35.5. The second-order valence-electron chi connectivity index (χ2n) is 3.03. The molecule has 0 spiro atoms. The maximum absolute atomic E-state index is 10.6. The Morgan fingerprint density at radius 3 is 3.00 bits per heavy atom. The van der Waals surface area contributed by atoms with E-state index in [4.69, 9.17) is 11.6 Å². The van der Waals surface area contributed by atoms with Gasteiger partial charge in [-0.15, -0.1) is 0 Å². The van der Waals surface area contributed by atoms with Crippen LogP contribution in [0.2, 0.25) is 5.15 Å². The Morgan fingerprint density at radius 1 is 1.67 bits per heavy atom. The molecule has 1 heterocycles. The molecule has 0 saturated heterocycles. The largest absolute Gasteiger partial charge is 0.345 e. The van der Waals surface area contributed by atoms with Crippen LogP contribution in [0.15, 0.2) is 12.3 Å². The number of pyridine rings is 1. The van der Waals surface area contributed by atoms with E-state index in [2.05, 4.69) is 22.1 Å². The number of nitrogens with zero attached hydrogens (tertiary/aromatic N) is 1. The number of hydrogen-bond acceptors (Lipinski definition) is 2. The highest BCUT2D eigenvalue weighted by molar-refractivity contribution is 6.29. The predicted octanol–water partition coefficient (Wildman–Crippen LogP) is 1.53. The zero-order valence-electron chi connectivity index (χ0n) is 8.60. The molecule has 3 nitrogen and oxygen atoms in total. The number of carbonyl (C=O) groups is 1. The third-order valence-corrected chi connectivity index (χ3v) is 1.93. The average Bonchev–Trinajstić information content (AvgIpc) is 2.14. The van der Waals surface area contributed by atoms with Crippen LogP contribution in [0.4, 0.5) is 0 Å². The summed E-state index contributed by atoms with van der Waals surface area (Å²) in [6, 6.07) is 1.75. The first kappa shape index (κ1) is 11.5. The first-order valence-corrected chi connectivity index (χ1v) is 4.83. The Labute approximate surface area is 93.9 Å². The summed E-state index contributed by atoms with van der Waals surface area (Å²) in [6.07, 6.45) is 1.62. The zero-order chi connectivity index (χ0) is 11.3. The highest BCUT2D eigenvalue weighted by Gasteiger charge is 1.95. The smallest absolute Gasteiger partial charge is 0.217 e. The van der Waals surface area contributed by atoms with E-state index in [1.807, 2.05) is 6.92 Å². The van der Waals surface area contributed by atoms with Crippen LogP contribution in [0.3, 0.4) is 0 Å². The lowest BCUT2D eigenvalue weighted by atomic mass is 10.2. The van der Waals surface area contributed by atoms with Gasteiger partial charge < -0.3 is 5.32 Å². The Bertz CT molecular complexity index is 432. The van der Waals surface area contributed by atoms with Crippen molar-refractivity contribution in [2.24, 2.45) is 0 Å². The average molecular weight is 223 g/mol. The van der Waals surface area contributed by atoms with Crippen LogP contribution in [0, 0.1) is 18.8 Å². The van der Waals surface area contributed by atoms with Gasteiger partial charge in [-0.3, -0.25) is 4.79 Å². The molecule has 0 atom stereocenters. The van der Waals surface area contributed by atoms with E-state index in [1.165, 1.54) is 6.92 Å². The van der Waals surface area contributed by atoms with E-state index in [0.717, 1.165) is 11.1 Å². The molecule has 0 unspecified atom stereocenters. The standard InChI is InChI=1S/C11H11ClN2O/c1-8-6-11(12)14-7-10(8)4-3-5-13-9(2)15/h6-7H,5H2,1-2H3,(H,13,15). The lowest BCUT2D eigenvalue weighted by Crippen LogP contribution is -2.19. The van der Waals surface area contributed by atoms with Crippen molar-refractivity contribution < 1.29 is 4.79 Å². The lowest BCUT2D eigenvalue weighted by molar-refractivity contribution is -0.118. The summed E-state index contributed by atoms with van der Waals surface area (Å²) in [5.41, 5.74) is 1.80. The molecule has 0 fully saturated rings. The number of nitrogens with one attached hydrogen (secondary N) is 1. The van der Waals surface area contributed by atoms with Crippen LogP contribution in [0.5, 0.6) is 0 Å². The van der Waals surface area contributed by atoms with Crippen LogP contribution in [-0.4, -0.2) is 17.4 Å². The van der Waals surface area contributed by atoms with Gasteiger partial charge in [0.2, 0.25) is 5.91 Å². The molecule has 1 N–H and O–H groups in total. The van der Waals surface area contributed by atoms with Gasteiger partial charge in [0, 0.05) is 18.7 Å². The number of amides is 1. The monoisotopic (exact) mass is 222 g/mol. The third-order valence-electron chi connectivity index (χ3n) is 1.73. The lowest BCUT2D eigenvalue weighted by Gasteiger charge is -1.97. The van der Waals surface area contributed by atoms with Crippen molar-refractivity contribution in [3.05, 3.63) is 28.5 Å². The normalized spacial score (nSPS) is 9.00. The van der Waals surface area contributed by atoms with Crippen LogP contribution < -0.4 is 5.32 Å². The van der Waals surface area contributed by atoms with Gasteiger partial charge in [-0.25, -0.2) is 4.98 Å². The SMILES string of the molecule is CC(=O)NCC#Cc1cnc(Cl)cc1C. The Kier molecular flexibility index (Phi) is 4.14. The quantitative estimate of drug-likeness (QED) is 0.579. The van der Waals surface area contributed by atoms with E-state index >= 15 is 0 Å². The molecule has 0 aliphatic heterocycles. The van der Waals surface area contributed by atoms with Gasteiger partial charge in [-0.05, 0) is 18.6 Å². The van der Waals surface area contributed by atoms with Crippen LogP contribution >= 0.6 is 11.6 Å². The van der Waals surface area contributed by atoms with Crippen molar-refractivity contribution in [3.63, 3.8) is 0 Å². The molecule has 4 heteroatoms. The first-order valence-electron chi connectivity index (χ1n) is 4.45. The van der Waals surface area contributed by atoms with Gasteiger partial charge in [0.05, 0.1) is 6.54 Å². The van der Waals surface area contributed by atoms with Crippen molar-refractivity contribution >= 4 is 17.5 Å². The van der Waals surface area contributed by atoms with E-state index in [1.54, 1.807) is 12.3 Å². The molecule has 0 saturated carbocycles. The van der Waals surface area contributed by atoms with Crippen molar-refractivity contribution in [1.29, 1.82) is 0 Å². The van der Waals surface area contributed by atoms with Crippen molar-refractivity contribution in [1.82, 2.24) is 10.3 Å². The molecular formula is C11H11ClN2O. The van der Waals surface area contributed by atoms with E-state index < -0.39 is 0 Å². The second-order valence-corrected chi connectivity index (χ2v) is 3.42. The Morgan fingerprint density at radius 2 is 2.40 bits per heavy atom. The fourth-order valence-corrected chi connectivity index (χ4v) is 1.17. The molecule has 1 amide bonds. The van der Waals surface area contributed by atoms with E-state index in [0.29, 0.717) is 11.7 Å². The zero-order valence-corrected chi connectivity index (χ0v) is 9.35. The van der Waals surface area contributed by atoms with Crippen LogP contribution in [-0.2, 0) is 4.79 Å². The number of hydrogen-bond donors (Lipinski definition) is 1. The van der Waals surface area contributed by atoms with E-state index in [-0.39, 0.29) is 5.91 Å². The maximum atomic E-state index is 10.6. The number of carbonyl (C=O) groups excluding carboxylic acids is 1. The minimum Gasteiger partial charge on any atom is -0.345 e. The first-order chi connectivity index (χ1) is 7.09. The fraction of sp³-hybridized carbons (Fsp3) is 0.273. The van der Waals surface area contributed by atoms with Crippen LogP contribution in [0.1, 0.15) is 18.1 Å². The minimum absolute atomic E-state index is 0.0877. The molecule has 0 radical (unpaired) electrons. The summed E-state index contributed by atoms with van der Waals surface area (Å²) in [7, 11) is 0. The fourth-order valence-electron chi connectivity index (χ4n) is 0.961. The second kappa shape index (κ2) is 5.38. The molecule has 15 heavy (non-hydrogen) atoms. The maximum Gasteiger partial charge on any atom is 0.217 e. The molecule has 0 aliphatic carbocycles. The molecule has 0 bridgehead atoms. The summed E-state index contributed by atoms with van der Waals surface area (Å²) >= 11 is 5.70. The molecular weight excluding hydrogens is 212 g/mol. The third kappa shape index (κ3) is 4.01. The Hall–Kier alpha value is -1.53. The molecule has 0 aromatic carbocycles. The van der Waals surface area contributed by atoms with Crippen molar-refractivity contribution in [3.8, 4) is 11.8 Å². The summed E-state index contributed by atoms with van der Waals surface area (Å²) < 4.78 is 0. The van der Waals surface area contributed by atoms with Crippen LogP contribution in [0.25, 0.3) is 0 Å².